The Morgan fingerprint density at radius 2 is 2.27 bits per heavy atom. The molecule has 11 heteroatoms. The van der Waals surface area contributed by atoms with Crippen LogP contribution in [0.15, 0.2) is 11.1 Å². The Bertz CT molecular complexity index is 729. The molecule has 5 N–H and O–H groups in total. The van der Waals surface area contributed by atoms with E-state index in [9.17, 15) is 15.0 Å². The molecule has 3 rings (SSSR count). The van der Waals surface area contributed by atoms with E-state index in [4.69, 9.17) is 9.84 Å². The molecule has 2 aromatic heterocycles. The maximum absolute atomic E-state index is 11.9. The highest BCUT2D eigenvalue weighted by Gasteiger charge is 2.44. The summed E-state index contributed by atoms with van der Waals surface area (Å²) < 4.78 is 6.71. The van der Waals surface area contributed by atoms with Crippen LogP contribution in [0.2, 0.25) is 0 Å². The number of ether oxygens (including phenoxy) is 1. The molecule has 3 heterocycles. The van der Waals surface area contributed by atoms with Gasteiger partial charge in [-0.1, -0.05) is 0 Å². The summed E-state index contributed by atoms with van der Waals surface area (Å²) in [7, 11) is 1.35. The number of hydrogen-bond acceptors (Lipinski definition) is 9. The van der Waals surface area contributed by atoms with Gasteiger partial charge < -0.3 is 20.1 Å². The highest BCUT2D eigenvalue weighted by atomic mass is 16.6. The summed E-state index contributed by atoms with van der Waals surface area (Å²) in [6.45, 7) is -0.453. The second kappa shape index (κ2) is 5.62. The fourth-order valence-corrected chi connectivity index (χ4v) is 2.37. The van der Waals surface area contributed by atoms with Gasteiger partial charge in [-0.05, 0) is 0 Å². The number of aromatic amines is 1. The number of anilines is 1. The van der Waals surface area contributed by atoms with Crippen molar-refractivity contribution in [3.63, 3.8) is 0 Å². The number of aliphatic hydroxyl groups is 3. The van der Waals surface area contributed by atoms with Crippen LogP contribution in [0.5, 0.6) is 0 Å². The lowest BCUT2D eigenvalue weighted by atomic mass is 10.1. The molecule has 0 radical (unpaired) electrons. The molecule has 22 heavy (non-hydrogen) atoms. The normalized spacial score (nSPS) is 28.4. The fraction of sp³-hybridized carbons (Fsp3) is 0.545. The molecule has 1 aliphatic heterocycles. The van der Waals surface area contributed by atoms with Crippen molar-refractivity contribution in [1.29, 1.82) is 0 Å². The van der Waals surface area contributed by atoms with Crippen molar-refractivity contribution in [2.24, 2.45) is 0 Å². The van der Waals surface area contributed by atoms with Gasteiger partial charge in [0.25, 0.3) is 5.56 Å². The van der Waals surface area contributed by atoms with E-state index in [1.54, 1.807) is 0 Å². The topological polar surface area (TPSA) is 155 Å². The van der Waals surface area contributed by atoms with E-state index in [-0.39, 0.29) is 17.1 Å². The standard InChI is InChI=1S/C11H15N5O6/c1-21-15-11-13-8-5(9(20)14-11)12-3-16(8)10-7(19)6(18)4(2-17)22-10/h3-4,6-7,10,17-19H,2H2,1H3,(H2,13,14,15,20)/t4-,6-,7-,10-/m1/s1. The molecule has 0 spiro atoms. The molecule has 4 atom stereocenters. The highest BCUT2D eigenvalue weighted by molar-refractivity contribution is 5.70. The molecule has 0 amide bonds. The maximum atomic E-state index is 11.9. The third kappa shape index (κ3) is 2.24. The monoisotopic (exact) mass is 313 g/mol. The third-order valence-corrected chi connectivity index (χ3v) is 3.42. The first-order chi connectivity index (χ1) is 10.6. The van der Waals surface area contributed by atoms with E-state index in [1.807, 2.05) is 0 Å². The van der Waals surface area contributed by atoms with Crippen molar-refractivity contribution in [2.75, 3.05) is 19.2 Å². The molecule has 1 saturated heterocycles. The van der Waals surface area contributed by atoms with E-state index in [0.29, 0.717) is 0 Å². The van der Waals surface area contributed by atoms with Crippen LogP contribution < -0.4 is 11.0 Å². The van der Waals surface area contributed by atoms with E-state index in [1.165, 1.54) is 18.0 Å². The average molecular weight is 313 g/mol. The van der Waals surface area contributed by atoms with Gasteiger partial charge in [-0.2, -0.15) is 4.98 Å². The lowest BCUT2D eigenvalue weighted by molar-refractivity contribution is -0.0511. The zero-order valence-electron chi connectivity index (χ0n) is 11.5. The molecule has 0 saturated carbocycles. The number of rotatable bonds is 4. The van der Waals surface area contributed by atoms with Crippen molar-refractivity contribution in [1.82, 2.24) is 19.5 Å². The van der Waals surface area contributed by atoms with Crippen molar-refractivity contribution >= 4 is 17.1 Å². The first-order valence-corrected chi connectivity index (χ1v) is 6.45. The van der Waals surface area contributed by atoms with Crippen molar-refractivity contribution in [3.05, 3.63) is 16.7 Å². The molecule has 120 valence electrons. The third-order valence-electron chi connectivity index (χ3n) is 3.42. The number of fused-ring (bicyclic) bond motifs is 1. The van der Waals surface area contributed by atoms with Gasteiger partial charge in [0.15, 0.2) is 17.4 Å². The zero-order chi connectivity index (χ0) is 15.9. The van der Waals surface area contributed by atoms with Gasteiger partial charge in [0, 0.05) is 0 Å². The minimum Gasteiger partial charge on any atom is -0.394 e. The molecule has 2 aromatic rings. The van der Waals surface area contributed by atoms with E-state index in [2.05, 4.69) is 25.3 Å². The molecular formula is C11H15N5O6. The Labute approximate surface area is 123 Å². The fourth-order valence-electron chi connectivity index (χ4n) is 2.37. The van der Waals surface area contributed by atoms with Gasteiger partial charge in [0.2, 0.25) is 5.95 Å². The van der Waals surface area contributed by atoms with Crippen LogP contribution in [-0.2, 0) is 9.57 Å². The SMILES string of the molecule is CONc1nc2c(ncn2[C@@H]2O[C@H](CO)[C@@H](O)[C@H]2O)c(=O)[nH]1. The molecule has 0 bridgehead atoms. The quantitative estimate of drug-likeness (QED) is 0.392. The minimum atomic E-state index is -1.30. The number of H-pyrrole nitrogens is 1. The van der Waals surface area contributed by atoms with Crippen LogP contribution in [0.3, 0.4) is 0 Å². The summed E-state index contributed by atoms with van der Waals surface area (Å²) in [6.07, 6.45) is -3.25. The minimum absolute atomic E-state index is 0.0411. The van der Waals surface area contributed by atoms with Gasteiger partial charge in [-0.3, -0.25) is 19.2 Å². The van der Waals surface area contributed by atoms with Crippen LogP contribution in [0.4, 0.5) is 5.95 Å². The number of hydrogen-bond donors (Lipinski definition) is 5. The number of nitrogens with zero attached hydrogens (tertiary/aromatic N) is 3. The van der Waals surface area contributed by atoms with Gasteiger partial charge in [0.05, 0.1) is 20.0 Å². The van der Waals surface area contributed by atoms with Gasteiger partial charge in [0.1, 0.15) is 18.3 Å². The Morgan fingerprint density at radius 3 is 2.91 bits per heavy atom. The molecule has 1 aliphatic rings. The zero-order valence-corrected chi connectivity index (χ0v) is 11.5. The van der Waals surface area contributed by atoms with Crippen molar-refractivity contribution in [2.45, 2.75) is 24.5 Å². The lowest BCUT2D eigenvalue weighted by Gasteiger charge is -2.16. The van der Waals surface area contributed by atoms with E-state index < -0.39 is 36.7 Å². The summed E-state index contributed by atoms with van der Waals surface area (Å²) in [5.74, 6) is 0.0495. The predicted molar refractivity (Wildman–Crippen MR) is 71.8 cm³/mol. The summed E-state index contributed by atoms with van der Waals surface area (Å²) in [4.78, 5) is 27.1. The summed E-state index contributed by atoms with van der Waals surface area (Å²) in [5.41, 5.74) is 2.06. The molecule has 0 unspecified atom stereocenters. The molecule has 0 aromatic carbocycles. The smallest absolute Gasteiger partial charge is 0.280 e. The van der Waals surface area contributed by atoms with Crippen molar-refractivity contribution < 1.29 is 24.9 Å². The van der Waals surface area contributed by atoms with E-state index >= 15 is 0 Å². The molecule has 0 aliphatic carbocycles. The maximum Gasteiger partial charge on any atom is 0.280 e. The van der Waals surface area contributed by atoms with E-state index in [0.717, 1.165) is 0 Å². The number of nitrogens with one attached hydrogen (secondary N) is 2. The Kier molecular flexibility index (Phi) is 3.80. The van der Waals surface area contributed by atoms with Crippen LogP contribution >= 0.6 is 0 Å². The van der Waals surface area contributed by atoms with Crippen LogP contribution in [-0.4, -0.2) is 66.9 Å². The Hall–Kier alpha value is -2.05. The largest absolute Gasteiger partial charge is 0.394 e. The average Bonchev–Trinajstić information content (AvgIpc) is 3.03. The second-order valence-electron chi connectivity index (χ2n) is 4.77. The van der Waals surface area contributed by atoms with Crippen LogP contribution in [0.25, 0.3) is 11.2 Å². The summed E-state index contributed by atoms with van der Waals surface area (Å²) >= 11 is 0. The summed E-state index contributed by atoms with van der Waals surface area (Å²) in [6, 6.07) is 0. The predicted octanol–water partition coefficient (Wildman–Crippen LogP) is -2.30. The van der Waals surface area contributed by atoms with Gasteiger partial charge in [-0.25, -0.2) is 10.5 Å². The first kappa shape index (κ1) is 14.9. The molecule has 11 nitrogen and oxygen atoms in total. The number of imidazole rings is 1. The van der Waals surface area contributed by atoms with Crippen molar-refractivity contribution in [3.8, 4) is 0 Å². The van der Waals surface area contributed by atoms with Crippen LogP contribution in [0, 0.1) is 0 Å². The summed E-state index contributed by atoms with van der Waals surface area (Å²) in [5, 5.41) is 29.0. The van der Waals surface area contributed by atoms with Crippen LogP contribution in [0.1, 0.15) is 6.23 Å². The Morgan fingerprint density at radius 1 is 1.50 bits per heavy atom. The number of aliphatic hydroxyl groups excluding tert-OH is 3. The highest BCUT2D eigenvalue weighted by Crippen LogP contribution is 2.30. The first-order valence-electron chi connectivity index (χ1n) is 6.45. The lowest BCUT2D eigenvalue weighted by Crippen LogP contribution is -2.33. The second-order valence-corrected chi connectivity index (χ2v) is 4.77. The molecule has 1 fully saturated rings. The molecular weight excluding hydrogens is 298 g/mol. The number of aromatic nitrogens is 4. The Balaban J connectivity index is 2.06. The van der Waals surface area contributed by atoms with Gasteiger partial charge in [-0.15, -0.1) is 0 Å². The van der Waals surface area contributed by atoms with Gasteiger partial charge >= 0.3 is 0 Å².